The summed E-state index contributed by atoms with van der Waals surface area (Å²) in [5.41, 5.74) is 3.28. The first kappa shape index (κ1) is 23.4. The van der Waals surface area contributed by atoms with Crippen molar-refractivity contribution in [1.82, 2.24) is 10.2 Å². The number of rotatable bonds is 9. The first-order valence-electron chi connectivity index (χ1n) is 11.4. The molecule has 0 radical (unpaired) electrons. The van der Waals surface area contributed by atoms with Crippen LogP contribution in [0.4, 0.5) is 15.3 Å². The van der Waals surface area contributed by atoms with Crippen LogP contribution in [0.3, 0.4) is 0 Å². The molecular weight excluding hydrogens is 406 g/mol. The van der Waals surface area contributed by atoms with Crippen molar-refractivity contribution in [2.45, 2.75) is 32.8 Å². The molecule has 7 nitrogen and oxygen atoms in total. The molecule has 0 spiro atoms. The predicted molar refractivity (Wildman–Crippen MR) is 125 cm³/mol. The second-order valence-corrected chi connectivity index (χ2v) is 7.85. The zero-order valence-corrected chi connectivity index (χ0v) is 18.8. The number of unbranched alkanes of at least 4 members (excludes halogenated alkanes) is 1. The number of anilines is 1. The number of nitrogens with zero attached hydrogens (tertiary/aromatic N) is 2. The number of piperazine rings is 1. The number of carbonyl (C=O) groups is 2. The van der Waals surface area contributed by atoms with Crippen molar-refractivity contribution in [3.63, 3.8) is 0 Å². The van der Waals surface area contributed by atoms with Crippen LogP contribution in [-0.4, -0.2) is 56.4 Å². The molecular formula is C25H33N3O4. The molecule has 1 N–H and O–H groups in total. The largest absolute Gasteiger partial charge is 0.450 e. The molecule has 2 aromatic rings. The van der Waals surface area contributed by atoms with Gasteiger partial charge in [0, 0.05) is 38.4 Å². The molecule has 0 aliphatic carbocycles. The smallest absolute Gasteiger partial charge is 0.410 e. The van der Waals surface area contributed by atoms with Gasteiger partial charge in [0.15, 0.2) is 0 Å². The van der Waals surface area contributed by atoms with Gasteiger partial charge in [0.2, 0.25) is 0 Å². The Bertz CT molecular complexity index is 834. The lowest BCUT2D eigenvalue weighted by Crippen LogP contribution is -2.48. The Morgan fingerprint density at radius 3 is 2.31 bits per heavy atom. The van der Waals surface area contributed by atoms with E-state index in [-0.39, 0.29) is 12.2 Å². The lowest BCUT2D eigenvalue weighted by Gasteiger charge is -2.35. The van der Waals surface area contributed by atoms with Crippen molar-refractivity contribution >= 4 is 17.9 Å². The number of carbonyl (C=O) groups excluding carboxylic acids is 2. The van der Waals surface area contributed by atoms with Crippen molar-refractivity contribution in [1.29, 1.82) is 0 Å². The normalized spacial score (nSPS) is 13.5. The Balaban J connectivity index is 1.36. The lowest BCUT2D eigenvalue weighted by atomic mass is 10.1. The van der Waals surface area contributed by atoms with Gasteiger partial charge in [-0.2, -0.15) is 0 Å². The van der Waals surface area contributed by atoms with Crippen LogP contribution < -0.4 is 10.2 Å². The first-order chi connectivity index (χ1) is 15.7. The Hall–Kier alpha value is -3.22. The van der Waals surface area contributed by atoms with E-state index in [4.69, 9.17) is 9.47 Å². The molecule has 1 aliphatic rings. The summed E-state index contributed by atoms with van der Waals surface area (Å²) in [5, 5.41) is 2.78. The van der Waals surface area contributed by atoms with Gasteiger partial charge < -0.3 is 24.6 Å². The fourth-order valence-electron chi connectivity index (χ4n) is 3.50. The van der Waals surface area contributed by atoms with Crippen LogP contribution in [0, 0.1) is 0 Å². The summed E-state index contributed by atoms with van der Waals surface area (Å²) in [6, 6.07) is 18.1. The minimum absolute atomic E-state index is 0.260. The molecule has 2 amide bonds. The van der Waals surface area contributed by atoms with Crippen LogP contribution in [0.25, 0.3) is 0 Å². The topological polar surface area (TPSA) is 71.1 Å². The number of hydrogen-bond donors (Lipinski definition) is 1. The molecule has 1 fully saturated rings. The molecule has 1 saturated heterocycles. The van der Waals surface area contributed by atoms with E-state index in [0.29, 0.717) is 32.8 Å². The molecule has 0 aromatic heterocycles. The van der Waals surface area contributed by atoms with Gasteiger partial charge in [-0.05, 0) is 36.1 Å². The number of ether oxygens (including phenoxy) is 2. The fraction of sp³-hybridized carbons (Fsp3) is 0.440. The maximum absolute atomic E-state index is 12.3. The summed E-state index contributed by atoms with van der Waals surface area (Å²) in [6.45, 7) is 6.19. The van der Waals surface area contributed by atoms with Gasteiger partial charge in [-0.3, -0.25) is 0 Å². The van der Waals surface area contributed by atoms with Crippen LogP contribution >= 0.6 is 0 Å². The Morgan fingerprint density at radius 1 is 0.906 bits per heavy atom. The van der Waals surface area contributed by atoms with Crippen molar-refractivity contribution in [3.8, 4) is 0 Å². The Labute approximate surface area is 190 Å². The monoisotopic (exact) mass is 439 g/mol. The SMILES string of the molecule is CCCCOC(=O)NCCc1ccc(N2CCN(C(=O)OCc3ccccc3)CC2)cc1. The van der Waals surface area contributed by atoms with Crippen LogP contribution in [-0.2, 0) is 22.5 Å². The highest BCUT2D eigenvalue weighted by Gasteiger charge is 2.22. The third kappa shape index (κ3) is 7.48. The van der Waals surface area contributed by atoms with Gasteiger partial charge in [-0.15, -0.1) is 0 Å². The van der Waals surface area contributed by atoms with Gasteiger partial charge in [-0.25, -0.2) is 9.59 Å². The van der Waals surface area contributed by atoms with E-state index < -0.39 is 0 Å². The minimum Gasteiger partial charge on any atom is -0.450 e. The van der Waals surface area contributed by atoms with Gasteiger partial charge in [-0.1, -0.05) is 55.8 Å². The summed E-state index contributed by atoms with van der Waals surface area (Å²) < 4.78 is 10.5. The van der Waals surface area contributed by atoms with E-state index in [1.54, 1.807) is 4.90 Å². The summed E-state index contributed by atoms with van der Waals surface area (Å²) in [5.74, 6) is 0. The van der Waals surface area contributed by atoms with E-state index in [1.165, 1.54) is 0 Å². The van der Waals surface area contributed by atoms with E-state index in [9.17, 15) is 9.59 Å². The molecule has 3 rings (SSSR count). The van der Waals surface area contributed by atoms with Crippen molar-refractivity contribution < 1.29 is 19.1 Å². The van der Waals surface area contributed by atoms with Crippen molar-refractivity contribution in [3.05, 3.63) is 65.7 Å². The third-order valence-electron chi connectivity index (χ3n) is 5.46. The van der Waals surface area contributed by atoms with Crippen LogP contribution in [0.2, 0.25) is 0 Å². The average Bonchev–Trinajstić information content (AvgIpc) is 2.84. The fourth-order valence-corrected chi connectivity index (χ4v) is 3.50. The standard InChI is InChI=1S/C25H33N3O4/c1-2-3-19-31-24(29)26-14-13-21-9-11-23(12-10-21)27-15-17-28(18-16-27)25(30)32-20-22-7-5-4-6-8-22/h4-12H,2-3,13-20H2,1H3,(H,26,29). The summed E-state index contributed by atoms with van der Waals surface area (Å²) >= 11 is 0. The van der Waals surface area contributed by atoms with Crippen LogP contribution in [0.5, 0.6) is 0 Å². The molecule has 0 saturated carbocycles. The lowest BCUT2D eigenvalue weighted by molar-refractivity contribution is 0.0942. The van der Waals surface area contributed by atoms with Gasteiger partial charge in [0.1, 0.15) is 6.61 Å². The van der Waals surface area contributed by atoms with Crippen LogP contribution in [0.1, 0.15) is 30.9 Å². The van der Waals surface area contributed by atoms with Crippen LogP contribution in [0.15, 0.2) is 54.6 Å². The Kier molecular flexibility index (Phi) is 9.22. The molecule has 32 heavy (non-hydrogen) atoms. The highest BCUT2D eigenvalue weighted by atomic mass is 16.6. The van der Waals surface area contributed by atoms with Crippen molar-refractivity contribution in [2.24, 2.45) is 0 Å². The maximum Gasteiger partial charge on any atom is 0.410 e. The number of hydrogen-bond acceptors (Lipinski definition) is 5. The van der Waals surface area contributed by atoms with E-state index >= 15 is 0 Å². The van der Waals surface area contributed by atoms with Gasteiger partial charge in [0.05, 0.1) is 6.61 Å². The van der Waals surface area contributed by atoms with E-state index in [2.05, 4.69) is 41.4 Å². The zero-order chi connectivity index (χ0) is 22.6. The van der Waals surface area contributed by atoms with Gasteiger partial charge in [0.25, 0.3) is 0 Å². The average molecular weight is 440 g/mol. The van der Waals surface area contributed by atoms with E-state index in [0.717, 1.165) is 49.2 Å². The highest BCUT2D eigenvalue weighted by molar-refractivity contribution is 5.68. The quantitative estimate of drug-likeness (QED) is 0.593. The summed E-state index contributed by atoms with van der Waals surface area (Å²) in [4.78, 5) is 27.9. The zero-order valence-electron chi connectivity index (χ0n) is 18.8. The summed E-state index contributed by atoms with van der Waals surface area (Å²) in [6.07, 6.45) is 2.04. The van der Waals surface area contributed by atoms with E-state index in [1.807, 2.05) is 30.3 Å². The molecule has 0 unspecified atom stereocenters. The molecule has 2 aromatic carbocycles. The molecule has 1 aliphatic heterocycles. The molecule has 7 heteroatoms. The number of alkyl carbamates (subject to hydrolysis) is 1. The predicted octanol–water partition coefficient (Wildman–Crippen LogP) is 4.21. The van der Waals surface area contributed by atoms with Crippen molar-refractivity contribution in [2.75, 3.05) is 44.2 Å². The molecule has 1 heterocycles. The number of nitrogens with one attached hydrogen (secondary N) is 1. The first-order valence-corrected chi connectivity index (χ1v) is 11.4. The molecule has 172 valence electrons. The maximum atomic E-state index is 12.3. The highest BCUT2D eigenvalue weighted by Crippen LogP contribution is 2.18. The molecule has 0 atom stereocenters. The third-order valence-corrected chi connectivity index (χ3v) is 5.46. The number of amides is 2. The number of benzene rings is 2. The molecule has 0 bridgehead atoms. The second kappa shape index (κ2) is 12.6. The summed E-state index contributed by atoms with van der Waals surface area (Å²) in [7, 11) is 0. The second-order valence-electron chi connectivity index (χ2n) is 7.85. The minimum atomic E-state index is -0.352. The van der Waals surface area contributed by atoms with Gasteiger partial charge >= 0.3 is 12.2 Å². The Morgan fingerprint density at radius 2 is 1.62 bits per heavy atom.